The molecule has 7 nitrogen and oxygen atoms in total. The fourth-order valence-corrected chi connectivity index (χ4v) is 3.89. The number of aromatic nitrogens is 3. The van der Waals surface area contributed by atoms with Crippen molar-refractivity contribution in [1.29, 1.82) is 0 Å². The Balaban J connectivity index is 1.56. The molecule has 1 aliphatic carbocycles. The fraction of sp³-hybridized carbons (Fsp3) is 0.158. The summed E-state index contributed by atoms with van der Waals surface area (Å²) < 4.78 is 1.75. The number of nitrogens with zero attached hydrogens (tertiary/aromatic N) is 3. The van der Waals surface area contributed by atoms with Crippen molar-refractivity contribution < 1.29 is 9.59 Å². The van der Waals surface area contributed by atoms with Gasteiger partial charge in [-0.25, -0.2) is 9.67 Å². The van der Waals surface area contributed by atoms with Crippen molar-refractivity contribution >= 4 is 68.2 Å². The molecule has 1 saturated carbocycles. The first-order chi connectivity index (χ1) is 14.3. The number of hydrogen-bond donors (Lipinski definition) is 2. The average Bonchev–Trinajstić information content (AvgIpc) is 3.38. The lowest BCUT2D eigenvalue weighted by Gasteiger charge is -2.18. The van der Waals surface area contributed by atoms with E-state index in [1.54, 1.807) is 30.5 Å². The number of nitrogens with one attached hydrogen (secondary N) is 2. The van der Waals surface area contributed by atoms with E-state index in [1.807, 2.05) is 0 Å². The Morgan fingerprint density at radius 2 is 1.87 bits per heavy atom. The van der Waals surface area contributed by atoms with E-state index in [9.17, 15) is 9.59 Å². The molecule has 1 aromatic carbocycles. The molecular weight excluding hydrogens is 517 g/mol. The molecule has 0 unspecified atom stereocenters. The van der Waals surface area contributed by atoms with Crippen molar-refractivity contribution in [3.05, 3.63) is 68.0 Å². The van der Waals surface area contributed by atoms with Crippen LogP contribution in [0.2, 0.25) is 15.1 Å². The van der Waals surface area contributed by atoms with Gasteiger partial charge in [-0.3, -0.25) is 9.59 Å². The molecular formula is C19H13BrCl3N5O2. The largest absolute Gasteiger partial charge is 0.336 e. The van der Waals surface area contributed by atoms with Crippen molar-refractivity contribution in [2.24, 2.45) is 0 Å². The number of pyridine rings is 1. The van der Waals surface area contributed by atoms with E-state index in [2.05, 4.69) is 36.6 Å². The first-order valence-corrected chi connectivity index (χ1v) is 10.7. The van der Waals surface area contributed by atoms with Gasteiger partial charge in [0.2, 0.25) is 5.91 Å². The van der Waals surface area contributed by atoms with Crippen molar-refractivity contribution in [3.8, 4) is 5.82 Å². The van der Waals surface area contributed by atoms with Crippen LogP contribution < -0.4 is 10.6 Å². The Morgan fingerprint density at radius 3 is 2.53 bits per heavy atom. The molecule has 0 aliphatic heterocycles. The monoisotopic (exact) mass is 527 g/mol. The predicted molar refractivity (Wildman–Crippen MR) is 119 cm³/mol. The Bertz CT molecular complexity index is 1160. The molecule has 30 heavy (non-hydrogen) atoms. The first-order valence-electron chi connectivity index (χ1n) is 8.74. The molecule has 0 radical (unpaired) electrons. The summed E-state index contributed by atoms with van der Waals surface area (Å²) in [5, 5.41) is 10.9. The second-order valence-electron chi connectivity index (χ2n) is 6.69. The molecule has 1 aliphatic rings. The smallest absolute Gasteiger partial charge is 0.270 e. The molecule has 154 valence electrons. The van der Waals surface area contributed by atoms with E-state index >= 15 is 0 Å². The second-order valence-corrected chi connectivity index (χ2v) is 8.75. The Kier molecular flexibility index (Phi) is 5.76. The van der Waals surface area contributed by atoms with Gasteiger partial charge in [0.05, 0.1) is 15.7 Å². The Hall–Kier alpha value is -2.13. The number of carbonyl (C=O) groups excluding carboxylic acids is 2. The minimum Gasteiger partial charge on any atom is -0.336 e. The number of amides is 2. The summed E-state index contributed by atoms with van der Waals surface area (Å²) in [5.41, 5.74) is -0.430. The summed E-state index contributed by atoms with van der Waals surface area (Å²) in [5.74, 6) is -0.539. The molecule has 11 heteroatoms. The predicted octanol–water partition coefficient (Wildman–Crippen LogP) is 4.89. The fourth-order valence-electron chi connectivity index (χ4n) is 2.86. The lowest BCUT2D eigenvalue weighted by Crippen LogP contribution is -2.46. The Morgan fingerprint density at radius 1 is 1.10 bits per heavy atom. The third-order valence-electron chi connectivity index (χ3n) is 4.57. The number of carbonyl (C=O) groups is 2. The number of benzene rings is 1. The minimum atomic E-state index is -1.03. The van der Waals surface area contributed by atoms with Crippen LogP contribution in [0.3, 0.4) is 0 Å². The molecule has 0 atom stereocenters. The maximum absolute atomic E-state index is 13.0. The molecule has 0 bridgehead atoms. The first kappa shape index (κ1) is 21.1. The van der Waals surface area contributed by atoms with Crippen LogP contribution in [0, 0.1) is 0 Å². The summed E-state index contributed by atoms with van der Waals surface area (Å²) in [4.78, 5) is 30.0. The maximum Gasteiger partial charge on any atom is 0.270 e. The van der Waals surface area contributed by atoms with Gasteiger partial charge >= 0.3 is 0 Å². The molecule has 4 rings (SSSR count). The van der Waals surface area contributed by atoms with Gasteiger partial charge in [-0.1, -0.05) is 34.8 Å². The highest BCUT2D eigenvalue weighted by molar-refractivity contribution is 9.10. The zero-order valence-electron chi connectivity index (χ0n) is 15.1. The SMILES string of the molecule is O=C(NC1(C(=O)Nc2ccc(Cl)cc2Cl)CC1)c1cc(Br)nn1-c1ncccc1Cl. The standard InChI is InChI=1S/C19H13BrCl3N5O2/c20-15-9-14(28(27-15)16-11(22)2-1-7-24-16)17(29)26-19(5-6-19)18(30)25-13-4-3-10(21)8-12(13)23/h1-4,7-9H,5-6H2,(H,25,30)(H,26,29). The van der Waals surface area contributed by atoms with E-state index in [0.29, 0.717) is 44.0 Å². The normalized spacial score (nSPS) is 14.3. The molecule has 2 amide bonds. The minimum absolute atomic E-state index is 0.186. The maximum atomic E-state index is 13.0. The topological polar surface area (TPSA) is 88.9 Å². The third kappa shape index (κ3) is 4.18. The van der Waals surface area contributed by atoms with Crippen LogP contribution in [-0.4, -0.2) is 32.1 Å². The van der Waals surface area contributed by atoms with Crippen LogP contribution in [-0.2, 0) is 4.79 Å². The second kappa shape index (κ2) is 8.19. The zero-order chi connectivity index (χ0) is 21.5. The summed E-state index contributed by atoms with van der Waals surface area (Å²) >= 11 is 21.5. The average molecular weight is 530 g/mol. The van der Waals surface area contributed by atoms with Crippen molar-refractivity contribution in [3.63, 3.8) is 0 Å². The van der Waals surface area contributed by atoms with E-state index in [1.165, 1.54) is 16.8 Å². The molecule has 1 fully saturated rings. The van der Waals surface area contributed by atoms with Gasteiger partial charge in [-0.2, -0.15) is 5.10 Å². The molecule has 0 spiro atoms. The number of rotatable bonds is 5. The highest BCUT2D eigenvalue weighted by Gasteiger charge is 2.51. The molecule has 3 aromatic rings. The quantitative estimate of drug-likeness (QED) is 0.493. The van der Waals surface area contributed by atoms with E-state index in [4.69, 9.17) is 34.8 Å². The summed E-state index contributed by atoms with van der Waals surface area (Å²) in [6.45, 7) is 0. The van der Waals surface area contributed by atoms with Crippen LogP contribution in [0.1, 0.15) is 23.3 Å². The number of anilines is 1. The molecule has 0 saturated heterocycles. The van der Waals surface area contributed by atoms with Crippen LogP contribution >= 0.6 is 50.7 Å². The highest BCUT2D eigenvalue weighted by Crippen LogP contribution is 2.38. The molecule has 2 N–H and O–H groups in total. The van der Waals surface area contributed by atoms with E-state index < -0.39 is 11.4 Å². The summed E-state index contributed by atoms with van der Waals surface area (Å²) in [6, 6.07) is 9.61. The molecule has 2 aromatic heterocycles. The van der Waals surface area contributed by atoms with E-state index in [-0.39, 0.29) is 11.6 Å². The summed E-state index contributed by atoms with van der Waals surface area (Å²) in [6.07, 6.45) is 2.54. The van der Waals surface area contributed by atoms with Gasteiger partial charge in [0.25, 0.3) is 5.91 Å². The lowest BCUT2D eigenvalue weighted by atomic mass is 10.2. The number of hydrogen-bond acceptors (Lipinski definition) is 4. The lowest BCUT2D eigenvalue weighted by molar-refractivity contribution is -0.118. The van der Waals surface area contributed by atoms with E-state index in [0.717, 1.165) is 0 Å². The van der Waals surface area contributed by atoms with Gasteiger partial charge in [0.1, 0.15) is 15.8 Å². The van der Waals surface area contributed by atoms with Crippen LogP contribution in [0.4, 0.5) is 5.69 Å². The van der Waals surface area contributed by atoms with Gasteiger partial charge < -0.3 is 10.6 Å². The van der Waals surface area contributed by atoms with Crippen LogP contribution in [0.25, 0.3) is 5.82 Å². The van der Waals surface area contributed by atoms with Crippen molar-refractivity contribution in [2.75, 3.05) is 5.32 Å². The Labute approximate surface area is 194 Å². The van der Waals surface area contributed by atoms with Gasteiger partial charge in [-0.05, 0) is 59.1 Å². The number of halogens is 4. The van der Waals surface area contributed by atoms with Crippen molar-refractivity contribution in [2.45, 2.75) is 18.4 Å². The highest BCUT2D eigenvalue weighted by atomic mass is 79.9. The third-order valence-corrected chi connectivity index (χ3v) is 5.80. The molecule has 2 heterocycles. The van der Waals surface area contributed by atoms with Crippen molar-refractivity contribution in [1.82, 2.24) is 20.1 Å². The van der Waals surface area contributed by atoms with Crippen LogP contribution in [0.5, 0.6) is 0 Å². The van der Waals surface area contributed by atoms with Gasteiger partial charge in [-0.15, -0.1) is 0 Å². The zero-order valence-corrected chi connectivity index (χ0v) is 19.0. The van der Waals surface area contributed by atoms with Crippen LogP contribution in [0.15, 0.2) is 47.2 Å². The van der Waals surface area contributed by atoms with Gasteiger partial charge in [0, 0.05) is 17.3 Å². The summed E-state index contributed by atoms with van der Waals surface area (Å²) in [7, 11) is 0. The van der Waals surface area contributed by atoms with Gasteiger partial charge in [0.15, 0.2) is 5.82 Å².